The minimum atomic E-state index is -0.505. The highest BCUT2D eigenvalue weighted by Crippen LogP contribution is 2.30. The number of carbonyl (C=O) groups is 1. The Morgan fingerprint density at radius 2 is 1.47 bits per heavy atom. The van der Waals surface area contributed by atoms with E-state index in [0.29, 0.717) is 12.3 Å². The summed E-state index contributed by atoms with van der Waals surface area (Å²) in [6.07, 6.45) is 14.0. The molecule has 0 spiro atoms. The summed E-state index contributed by atoms with van der Waals surface area (Å²) in [6.45, 7) is 2.97. The molecule has 0 bridgehead atoms. The molecular weight excluding hydrogens is 430 g/mol. The Morgan fingerprint density at radius 3 is 2.09 bits per heavy atom. The summed E-state index contributed by atoms with van der Waals surface area (Å²) in [5, 5.41) is 17.0. The van der Waals surface area contributed by atoms with Crippen LogP contribution in [0.4, 0.5) is 11.4 Å². The molecular formula is C27H37N3O4. The van der Waals surface area contributed by atoms with Crippen LogP contribution in [-0.2, 0) is 0 Å². The molecule has 1 heterocycles. The summed E-state index contributed by atoms with van der Waals surface area (Å²) in [4.78, 5) is 22.9. The molecule has 0 saturated carbocycles. The summed E-state index contributed by atoms with van der Waals surface area (Å²) >= 11 is 0. The van der Waals surface area contributed by atoms with Crippen LogP contribution in [0.5, 0.6) is 5.75 Å². The van der Waals surface area contributed by atoms with Gasteiger partial charge in [-0.2, -0.15) is 0 Å². The maximum atomic E-state index is 12.5. The van der Waals surface area contributed by atoms with Gasteiger partial charge < -0.3 is 15.4 Å². The molecule has 2 N–H and O–H groups in total. The van der Waals surface area contributed by atoms with E-state index in [1.165, 1.54) is 76.3 Å². The van der Waals surface area contributed by atoms with Gasteiger partial charge in [0.2, 0.25) is 0 Å². The second-order valence-electron chi connectivity index (χ2n) is 8.99. The molecule has 0 aromatic heterocycles. The van der Waals surface area contributed by atoms with Crippen molar-refractivity contribution in [1.29, 1.82) is 0 Å². The number of anilines is 1. The number of ether oxygens (including phenoxy) is 1. The van der Waals surface area contributed by atoms with E-state index in [1.54, 1.807) is 6.07 Å². The smallest absolute Gasteiger partial charge is 0.270 e. The second kappa shape index (κ2) is 13.6. The van der Waals surface area contributed by atoms with E-state index in [9.17, 15) is 14.9 Å². The third-order valence-electron chi connectivity index (χ3n) is 6.26. The average Bonchev–Trinajstić information content (AvgIpc) is 2.84. The lowest BCUT2D eigenvalue weighted by Crippen LogP contribution is -2.38. The van der Waals surface area contributed by atoms with Gasteiger partial charge in [0, 0.05) is 17.8 Å². The number of nitro benzene ring substituents is 1. The fourth-order valence-electron chi connectivity index (χ4n) is 4.24. The van der Waals surface area contributed by atoms with Crippen LogP contribution in [0.2, 0.25) is 0 Å². The Bertz CT molecular complexity index is 930. The Balaban J connectivity index is 1.34. The first-order valence-corrected chi connectivity index (χ1v) is 12.7. The van der Waals surface area contributed by atoms with Crippen molar-refractivity contribution >= 4 is 17.3 Å². The Labute approximate surface area is 202 Å². The molecule has 0 saturated heterocycles. The third kappa shape index (κ3) is 7.75. The summed E-state index contributed by atoms with van der Waals surface area (Å²) in [5.41, 5.74) is 1.64. The highest BCUT2D eigenvalue weighted by Gasteiger charge is 2.26. The van der Waals surface area contributed by atoms with Gasteiger partial charge in [0.25, 0.3) is 11.6 Å². The van der Waals surface area contributed by atoms with Crippen molar-refractivity contribution < 1.29 is 14.5 Å². The molecule has 1 atom stereocenters. The lowest BCUT2D eigenvalue weighted by molar-refractivity contribution is -0.384. The molecule has 34 heavy (non-hydrogen) atoms. The zero-order chi connectivity index (χ0) is 24.2. The van der Waals surface area contributed by atoms with Crippen molar-refractivity contribution in [3.05, 3.63) is 63.7 Å². The van der Waals surface area contributed by atoms with Crippen molar-refractivity contribution in [2.45, 2.75) is 83.7 Å². The Kier molecular flexibility index (Phi) is 10.2. The van der Waals surface area contributed by atoms with Gasteiger partial charge in [0.05, 0.1) is 17.1 Å². The van der Waals surface area contributed by atoms with Gasteiger partial charge in [-0.25, -0.2) is 0 Å². The van der Waals surface area contributed by atoms with E-state index >= 15 is 0 Å². The zero-order valence-electron chi connectivity index (χ0n) is 20.2. The molecule has 7 nitrogen and oxygen atoms in total. The maximum absolute atomic E-state index is 12.5. The van der Waals surface area contributed by atoms with E-state index in [4.69, 9.17) is 4.74 Å². The number of nitrogens with zero attached hydrogens (tertiary/aromatic N) is 1. The first-order chi connectivity index (χ1) is 16.6. The van der Waals surface area contributed by atoms with Gasteiger partial charge in [0.1, 0.15) is 11.9 Å². The topological polar surface area (TPSA) is 93.5 Å². The van der Waals surface area contributed by atoms with Gasteiger partial charge in [0.15, 0.2) is 0 Å². The number of non-ortho nitro benzene ring substituents is 1. The molecule has 3 rings (SSSR count). The van der Waals surface area contributed by atoms with Gasteiger partial charge in [-0.05, 0) is 30.2 Å². The summed E-state index contributed by atoms with van der Waals surface area (Å²) in [6, 6.07) is 11.9. The van der Waals surface area contributed by atoms with Crippen LogP contribution in [0.3, 0.4) is 0 Å². The quantitative estimate of drug-likeness (QED) is 0.165. The van der Waals surface area contributed by atoms with E-state index in [0.717, 1.165) is 17.7 Å². The number of fused-ring (bicyclic) bond motifs is 1. The molecule has 1 aliphatic heterocycles. The van der Waals surface area contributed by atoms with Crippen molar-refractivity contribution in [3.8, 4) is 5.75 Å². The summed E-state index contributed by atoms with van der Waals surface area (Å²) < 4.78 is 5.87. The first kappa shape index (κ1) is 25.5. The second-order valence-corrected chi connectivity index (χ2v) is 8.99. The maximum Gasteiger partial charge on any atom is 0.270 e. The number of nitrogens with one attached hydrogen (secondary N) is 2. The Morgan fingerprint density at radius 1 is 0.853 bits per heavy atom. The molecule has 1 unspecified atom stereocenters. The fraction of sp³-hybridized carbons (Fsp3) is 0.519. The number of rotatable bonds is 15. The van der Waals surface area contributed by atoms with Gasteiger partial charge in [-0.3, -0.25) is 14.9 Å². The molecule has 0 fully saturated rings. The normalized spacial score (nSPS) is 14.7. The number of hydrogen-bond donors (Lipinski definition) is 2. The number of carbonyl (C=O) groups excluding carboxylic acids is 1. The molecule has 184 valence electrons. The van der Waals surface area contributed by atoms with Crippen molar-refractivity contribution in [3.63, 3.8) is 0 Å². The summed E-state index contributed by atoms with van der Waals surface area (Å²) in [5.74, 6) is 0.480. The van der Waals surface area contributed by atoms with Crippen LogP contribution in [0.1, 0.15) is 99.6 Å². The molecule has 1 amide bonds. The van der Waals surface area contributed by atoms with Crippen LogP contribution in [0, 0.1) is 10.1 Å². The van der Waals surface area contributed by atoms with Crippen LogP contribution in [-0.4, -0.2) is 17.4 Å². The van der Waals surface area contributed by atoms with Crippen molar-refractivity contribution in [2.75, 3.05) is 11.9 Å². The van der Waals surface area contributed by atoms with Gasteiger partial charge in [-0.15, -0.1) is 0 Å². The number of nitro groups is 1. The lowest BCUT2D eigenvalue weighted by atomic mass is 10.0. The van der Waals surface area contributed by atoms with Crippen LogP contribution in [0.25, 0.3) is 0 Å². The first-order valence-electron chi connectivity index (χ1n) is 12.7. The predicted molar refractivity (Wildman–Crippen MR) is 135 cm³/mol. The Hall–Kier alpha value is -3.09. The largest absolute Gasteiger partial charge is 0.494 e. The molecule has 1 aliphatic rings. The van der Waals surface area contributed by atoms with Crippen LogP contribution < -0.4 is 15.4 Å². The van der Waals surface area contributed by atoms with E-state index in [1.807, 2.05) is 24.3 Å². The zero-order valence-corrected chi connectivity index (χ0v) is 20.2. The van der Waals surface area contributed by atoms with Crippen LogP contribution >= 0.6 is 0 Å². The van der Waals surface area contributed by atoms with E-state index in [2.05, 4.69) is 17.6 Å². The monoisotopic (exact) mass is 467 g/mol. The average molecular weight is 468 g/mol. The van der Waals surface area contributed by atoms with E-state index in [-0.39, 0.29) is 17.2 Å². The molecule has 7 heteroatoms. The minimum absolute atomic E-state index is 0.103. The van der Waals surface area contributed by atoms with E-state index < -0.39 is 11.1 Å². The van der Waals surface area contributed by atoms with Gasteiger partial charge in [-0.1, -0.05) is 83.3 Å². The third-order valence-corrected chi connectivity index (χ3v) is 6.26. The van der Waals surface area contributed by atoms with Crippen molar-refractivity contribution in [1.82, 2.24) is 5.32 Å². The SMILES string of the molecule is CCCCCCCCCCCCCOc1ccc(C2NC(=O)c3cc([N+](=O)[O-])ccc3N2)cc1. The van der Waals surface area contributed by atoms with Crippen molar-refractivity contribution in [2.24, 2.45) is 0 Å². The number of benzene rings is 2. The summed E-state index contributed by atoms with van der Waals surface area (Å²) in [7, 11) is 0. The minimum Gasteiger partial charge on any atom is -0.494 e. The number of amides is 1. The standard InChI is InChI=1S/C27H37N3O4/c1-2-3-4-5-6-7-8-9-10-11-12-19-34-23-16-13-21(14-17-23)26-28-25-18-15-22(30(32)33)20-24(25)27(31)29-26/h13-18,20,26,28H,2-12,19H2,1H3,(H,29,31). The molecule has 2 aromatic rings. The highest BCUT2D eigenvalue weighted by atomic mass is 16.6. The predicted octanol–water partition coefficient (Wildman–Crippen LogP) is 7.14. The molecule has 0 aliphatic carbocycles. The highest BCUT2D eigenvalue weighted by molar-refractivity contribution is 6.02. The number of unbranched alkanes of at least 4 members (excludes halogenated alkanes) is 10. The fourth-order valence-corrected chi connectivity index (χ4v) is 4.24. The van der Waals surface area contributed by atoms with Gasteiger partial charge >= 0.3 is 0 Å². The molecule has 0 radical (unpaired) electrons. The lowest BCUT2D eigenvalue weighted by Gasteiger charge is -2.28. The van der Waals surface area contributed by atoms with Crippen LogP contribution in [0.15, 0.2) is 42.5 Å². The molecule has 2 aromatic carbocycles. The number of hydrogen-bond acceptors (Lipinski definition) is 5.